The van der Waals surface area contributed by atoms with Crippen molar-refractivity contribution in [2.24, 2.45) is 17.8 Å². The highest BCUT2D eigenvalue weighted by molar-refractivity contribution is 5.86. The number of hydrogen-bond acceptors (Lipinski definition) is 4. The first-order valence-corrected chi connectivity index (χ1v) is 17.6. The lowest BCUT2D eigenvalue weighted by Crippen LogP contribution is -2.42. The van der Waals surface area contributed by atoms with Crippen LogP contribution in [0.3, 0.4) is 0 Å². The van der Waals surface area contributed by atoms with E-state index in [1.807, 2.05) is 78.9 Å². The van der Waals surface area contributed by atoms with Gasteiger partial charge in [-0.1, -0.05) is 135 Å². The third kappa shape index (κ3) is 5.95. The summed E-state index contributed by atoms with van der Waals surface area (Å²) >= 11 is 0. The van der Waals surface area contributed by atoms with E-state index in [1.165, 1.54) is 37.7 Å². The van der Waals surface area contributed by atoms with Gasteiger partial charge in [-0.2, -0.15) is 5.26 Å². The molecule has 6 aromatic rings. The van der Waals surface area contributed by atoms with Crippen molar-refractivity contribution in [3.05, 3.63) is 139 Å². The Kier molecular flexibility index (Phi) is 8.14. The molecule has 49 heavy (non-hydrogen) atoms. The molecule has 2 saturated carbocycles. The van der Waals surface area contributed by atoms with Crippen LogP contribution in [0.2, 0.25) is 0 Å². The Balaban J connectivity index is 1.24. The van der Waals surface area contributed by atoms with Crippen LogP contribution in [0.15, 0.2) is 127 Å². The van der Waals surface area contributed by atoms with Crippen LogP contribution in [0, 0.1) is 29.1 Å². The first-order valence-electron chi connectivity index (χ1n) is 17.6. The van der Waals surface area contributed by atoms with Crippen molar-refractivity contribution in [1.82, 2.24) is 15.0 Å². The molecular formula is C45H40N4. The van der Waals surface area contributed by atoms with Crippen LogP contribution in [0.25, 0.3) is 56.4 Å². The van der Waals surface area contributed by atoms with E-state index < -0.39 is 0 Å². The van der Waals surface area contributed by atoms with E-state index in [0.29, 0.717) is 28.5 Å². The molecule has 0 radical (unpaired) electrons. The summed E-state index contributed by atoms with van der Waals surface area (Å²) < 4.78 is 0. The second-order valence-corrected chi connectivity index (χ2v) is 14.4. The molecule has 4 atom stereocenters. The van der Waals surface area contributed by atoms with Crippen LogP contribution >= 0.6 is 0 Å². The third-order valence-electron chi connectivity index (χ3n) is 10.8. The first kappa shape index (κ1) is 30.9. The molecule has 1 heterocycles. The van der Waals surface area contributed by atoms with Crippen molar-refractivity contribution in [1.29, 1.82) is 5.26 Å². The monoisotopic (exact) mass is 636 g/mol. The Bertz CT molecular complexity index is 2140. The van der Waals surface area contributed by atoms with Gasteiger partial charge in [0.15, 0.2) is 17.5 Å². The standard InChI is InChI=1S/C45H40N4/c1-30-24-32-25-31(2)27-45(26-30,28-32)36-22-20-33(21-23-36)37-15-8-10-18-40(37)43-47-42(34-12-4-3-5-13-34)48-44(49-43)41-19-11-9-17-39(41)38-16-7-6-14-35(38)29-46/h3-23,30-32H,24-28H2,1-2H3/t30-,31+,32-,45?. The molecule has 0 saturated heterocycles. The molecule has 4 nitrogen and oxygen atoms in total. The zero-order chi connectivity index (χ0) is 33.4. The van der Waals surface area contributed by atoms with Crippen LogP contribution in [-0.2, 0) is 5.41 Å². The van der Waals surface area contributed by atoms with E-state index in [-0.39, 0.29) is 0 Å². The summed E-state index contributed by atoms with van der Waals surface area (Å²) in [6.07, 6.45) is 6.67. The number of benzene rings is 5. The van der Waals surface area contributed by atoms with Crippen LogP contribution in [0.1, 0.15) is 57.1 Å². The minimum absolute atomic E-state index is 0.295. The van der Waals surface area contributed by atoms with Crippen LogP contribution in [0.4, 0.5) is 0 Å². The van der Waals surface area contributed by atoms with E-state index in [2.05, 4.69) is 68.4 Å². The molecule has 0 spiro atoms. The molecule has 2 aliphatic rings. The summed E-state index contributed by atoms with van der Waals surface area (Å²) in [5.74, 6) is 4.22. The molecule has 1 aromatic heterocycles. The fourth-order valence-electron chi connectivity index (χ4n) is 9.05. The number of fused-ring (bicyclic) bond motifs is 2. The van der Waals surface area contributed by atoms with Gasteiger partial charge in [-0.25, -0.2) is 15.0 Å². The molecule has 0 N–H and O–H groups in total. The van der Waals surface area contributed by atoms with Gasteiger partial charge in [0.2, 0.25) is 0 Å². The molecule has 8 rings (SSSR count). The molecule has 240 valence electrons. The first-order chi connectivity index (χ1) is 24.0. The Morgan fingerprint density at radius 3 is 1.65 bits per heavy atom. The summed E-state index contributed by atoms with van der Waals surface area (Å²) in [6, 6.07) is 46.1. The van der Waals surface area contributed by atoms with Gasteiger partial charge >= 0.3 is 0 Å². The Morgan fingerprint density at radius 2 is 1.02 bits per heavy atom. The van der Waals surface area contributed by atoms with Crippen LogP contribution < -0.4 is 0 Å². The molecule has 0 amide bonds. The second kappa shape index (κ2) is 12.9. The summed E-state index contributed by atoms with van der Waals surface area (Å²) in [4.78, 5) is 15.3. The summed E-state index contributed by atoms with van der Waals surface area (Å²) in [5.41, 5.74) is 9.17. The van der Waals surface area contributed by atoms with E-state index in [4.69, 9.17) is 15.0 Å². The number of hydrogen-bond donors (Lipinski definition) is 0. The largest absolute Gasteiger partial charge is 0.208 e. The number of nitriles is 1. The molecule has 2 fully saturated rings. The van der Waals surface area contributed by atoms with Crippen molar-refractivity contribution >= 4 is 0 Å². The Hall–Kier alpha value is -5.40. The maximum absolute atomic E-state index is 9.93. The third-order valence-corrected chi connectivity index (χ3v) is 10.8. The van der Waals surface area contributed by atoms with Gasteiger partial charge in [0.25, 0.3) is 0 Å². The molecule has 2 aliphatic carbocycles. The van der Waals surface area contributed by atoms with Gasteiger partial charge in [0, 0.05) is 22.3 Å². The van der Waals surface area contributed by atoms with Gasteiger partial charge in [0.1, 0.15) is 0 Å². The highest BCUT2D eigenvalue weighted by Crippen LogP contribution is 2.54. The highest BCUT2D eigenvalue weighted by Gasteiger charge is 2.45. The zero-order valence-electron chi connectivity index (χ0n) is 28.2. The number of aromatic nitrogens is 3. The molecule has 2 bridgehead atoms. The number of rotatable bonds is 6. The molecule has 1 unspecified atom stereocenters. The lowest BCUT2D eigenvalue weighted by atomic mass is 9.54. The van der Waals surface area contributed by atoms with Crippen molar-refractivity contribution in [3.63, 3.8) is 0 Å². The minimum Gasteiger partial charge on any atom is -0.208 e. The maximum Gasteiger partial charge on any atom is 0.164 e. The second-order valence-electron chi connectivity index (χ2n) is 14.4. The lowest BCUT2D eigenvalue weighted by molar-refractivity contribution is 0.0780. The van der Waals surface area contributed by atoms with Crippen molar-refractivity contribution in [2.45, 2.75) is 51.4 Å². The van der Waals surface area contributed by atoms with Gasteiger partial charge < -0.3 is 0 Å². The van der Waals surface area contributed by atoms with Crippen molar-refractivity contribution in [3.8, 4) is 62.5 Å². The van der Waals surface area contributed by atoms with Gasteiger partial charge in [-0.15, -0.1) is 0 Å². The predicted octanol–water partition coefficient (Wildman–Crippen LogP) is 11.2. The Labute approximate surface area is 289 Å². The average Bonchev–Trinajstić information content (AvgIpc) is 3.14. The molecule has 5 aromatic carbocycles. The normalized spacial score (nSPS) is 21.5. The van der Waals surface area contributed by atoms with Crippen molar-refractivity contribution < 1.29 is 0 Å². The van der Waals surface area contributed by atoms with E-state index in [1.54, 1.807) is 0 Å². The molecule has 0 aliphatic heterocycles. The van der Waals surface area contributed by atoms with Crippen molar-refractivity contribution in [2.75, 3.05) is 0 Å². The van der Waals surface area contributed by atoms with Crippen LogP contribution in [-0.4, -0.2) is 15.0 Å². The highest BCUT2D eigenvalue weighted by atomic mass is 15.0. The topological polar surface area (TPSA) is 62.5 Å². The quantitative estimate of drug-likeness (QED) is 0.182. The van der Waals surface area contributed by atoms with Gasteiger partial charge in [-0.3, -0.25) is 0 Å². The predicted molar refractivity (Wildman–Crippen MR) is 198 cm³/mol. The van der Waals surface area contributed by atoms with E-state index >= 15 is 0 Å². The lowest BCUT2D eigenvalue weighted by Gasteiger charge is -2.50. The Morgan fingerprint density at radius 1 is 0.510 bits per heavy atom. The maximum atomic E-state index is 9.93. The zero-order valence-corrected chi connectivity index (χ0v) is 28.2. The minimum atomic E-state index is 0.295. The summed E-state index contributed by atoms with van der Waals surface area (Å²) in [6.45, 7) is 4.91. The summed E-state index contributed by atoms with van der Waals surface area (Å²) in [5, 5.41) is 9.93. The fraction of sp³-hybridized carbons (Fsp3) is 0.244. The van der Waals surface area contributed by atoms with Gasteiger partial charge in [-0.05, 0) is 83.6 Å². The average molecular weight is 637 g/mol. The SMILES string of the molecule is C[C@@H]1C[C@@H]2C[C@H](C)CC(c3ccc(-c4ccccc4-c4nc(-c5ccccc5)nc(-c5ccccc5-c5ccccc5C#N)n4)cc3)(C1)C2. The van der Waals surface area contributed by atoms with Crippen LogP contribution in [0.5, 0.6) is 0 Å². The fourth-order valence-corrected chi connectivity index (χ4v) is 9.05. The van der Waals surface area contributed by atoms with E-state index in [0.717, 1.165) is 56.7 Å². The molecule has 4 heteroatoms. The van der Waals surface area contributed by atoms with Gasteiger partial charge in [0.05, 0.1) is 11.6 Å². The van der Waals surface area contributed by atoms with E-state index in [9.17, 15) is 5.26 Å². The summed E-state index contributed by atoms with van der Waals surface area (Å²) in [7, 11) is 0. The molecular weight excluding hydrogens is 597 g/mol. The number of nitrogens with zero attached hydrogens (tertiary/aromatic N) is 4. The smallest absolute Gasteiger partial charge is 0.164 e.